The van der Waals surface area contributed by atoms with E-state index in [1.807, 2.05) is 40.7 Å². The lowest BCUT2D eigenvalue weighted by atomic mass is 9.83. The van der Waals surface area contributed by atoms with E-state index >= 15 is 0 Å². The third kappa shape index (κ3) is 10.5. The number of primary amides is 1. The molecule has 1 heterocycles. The molecule has 4 rings (SSSR count). The van der Waals surface area contributed by atoms with Crippen LogP contribution in [-0.4, -0.2) is 78.8 Å². The van der Waals surface area contributed by atoms with Crippen LogP contribution in [0.25, 0.3) is 0 Å². The molecule has 3 aliphatic rings. The summed E-state index contributed by atoms with van der Waals surface area (Å²) in [6, 6.07) is 5.29. The number of nitrogens with two attached hydrogens (primary N) is 1. The summed E-state index contributed by atoms with van der Waals surface area (Å²) in [6.45, 7) is 9.77. The van der Waals surface area contributed by atoms with Crippen molar-refractivity contribution in [2.75, 3.05) is 12.3 Å². The lowest BCUT2D eigenvalue weighted by Gasteiger charge is -2.40. The number of carbonyl (C=O) groups excluding carboxylic acids is 5. The van der Waals surface area contributed by atoms with Gasteiger partial charge in [0.1, 0.15) is 12.1 Å². The first kappa shape index (κ1) is 38.3. The van der Waals surface area contributed by atoms with E-state index in [0.717, 1.165) is 32.1 Å². The Kier molecular flexibility index (Phi) is 12.2. The second-order valence-electron chi connectivity index (χ2n) is 16.0. The van der Waals surface area contributed by atoms with Crippen LogP contribution in [0.1, 0.15) is 98.0 Å². The first-order valence-electron chi connectivity index (χ1n) is 17.7. The van der Waals surface area contributed by atoms with E-state index in [1.54, 1.807) is 24.3 Å². The Morgan fingerprint density at radius 1 is 0.980 bits per heavy atom. The van der Waals surface area contributed by atoms with E-state index in [9.17, 15) is 32.4 Å². The minimum Gasteiger partial charge on any atom is -0.363 e. The van der Waals surface area contributed by atoms with Gasteiger partial charge in [0.2, 0.25) is 17.6 Å². The molecule has 1 aromatic rings. The molecule has 3 fully saturated rings. The van der Waals surface area contributed by atoms with E-state index in [4.69, 9.17) is 5.73 Å². The number of sulfone groups is 1. The normalized spacial score (nSPS) is 22.2. The molecule has 272 valence electrons. The summed E-state index contributed by atoms with van der Waals surface area (Å²) >= 11 is 0. The Hall–Kier alpha value is -3.48. The van der Waals surface area contributed by atoms with Crippen molar-refractivity contribution in [3.05, 3.63) is 35.9 Å². The highest BCUT2D eigenvalue weighted by Crippen LogP contribution is 2.35. The van der Waals surface area contributed by atoms with Crippen molar-refractivity contribution in [3.8, 4) is 0 Å². The van der Waals surface area contributed by atoms with Crippen molar-refractivity contribution >= 4 is 39.4 Å². The minimum atomic E-state index is -3.60. The van der Waals surface area contributed by atoms with Gasteiger partial charge in [0, 0.05) is 6.54 Å². The fourth-order valence-corrected chi connectivity index (χ4v) is 9.26. The smallest absolute Gasteiger partial charge is 0.315 e. The van der Waals surface area contributed by atoms with Gasteiger partial charge in [-0.1, -0.05) is 97.1 Å². The van der Waals surface area contributed by atoms with Crippen LogP contribution in [0, 0.1) is 23.2 Å². The monoisotopic (exact) mass is 701 g/mol. The van der Waals surface area contributed by atoms with Crippen LogP contribution in [0.15, 0.2) is 30.3 Å². The molecule has 2 unspecified atom stereocenters. The number of amides is 5. The number of hydrogen-bond donors (Lipinski definition) is 4. The zero-order valence-corrected chi connectivity index (χ0v) is 30.4. The summed E-state index contributed by atoms with van der Waals surface area (Å²) in [7, 11) is -3.60. The van der Waals surface area contributed by atoms with Crippen LogP contribution >= 0.6 is 0 Å². The molecule has 49 heavy (non-hydrogen) atoms. The first-order chi connectivity index (χ1) is 22.9. The second-order valence-corrected chi connectivity index (χ2v) is 18.0. The molecule has 5 N–H and O–H groups in total. The van der Waals surface area contributed by atoms with E-state index in [0.29, 0.717) is 31.2 Å². The molecular weight excluding hydrogens is 646 g/mol. The molecule has 1 aliphatic heterocycles. The van der Waals surface area contributed by atoms with Gasteiger partial charge in [-0.15, -0.1) is 0 Å². The largest absolute Gasteiger partial charge is 0.363 e. The number of carbonyl (C=O) groups is 5. The third-order valence-electron chi connectivity index (χ3n) is 10.3. The highest BCUT2D eigenvalue weighted by atomic mass is 32.2. The maximum atomic E-state index is 14.4. The SMILES string of the molecule is CC(C)C1C[C@@H](C(=O)NC(CC2CC2)C(=O)C(N)=O)N(C(=O)[C@@H](NC(=O)NC2(CS(=O)(=O)Cc3ccccc3)CCCCC2)C(C)(C)C)C1. The molecule has 0 spiro atoms. The lowest BCUT2D eigenvalue weighted by Crippen LogP contribution is -2.63. The molecule has 0 aromatic heterocycles. The van der Waals surface area contributed by atoms with Crippen LogP contribution in [-0.2, 0) is 34.8 Å². The minimum absolute atomic E-state index is 0.0109. The topological polar surface area (TPSA) is 185 Å². The zero-order valence-electron chi connectivity index (χ0n) is 29.6. The van der Waals surface area contributed by atoms with Crippen molar-refractivity contribution in [2.45, 2.75) is 122 Å². The van der Waals surface area contributed by atoms with Crippen molar-refractivity contribution in [3.63, 3.8) is 0 Å². The number of hydrogen-bond acceptors (Lipinski definition) is 7. The van der Waals surface area contributed by atoms with Gasteiger partial charge in [-0.25, -0.2) is 13.2 Å². The number of ketones is 1. The summed E-state index contributed by atoms with van der Waals surface area (Å²) < 4.78 is 26.8. The Balaban J connectivity index is 1.53. The molecule has 4 atom stereocenters. The summed E-state index contributed by atoms with van der Waals surface area (Å²) in [5, 5.41) is 8.60. The van der Waals surface area contributed by atoms with Crippen LogP contribution in [0.3, 0.4) is 0 Å². The number of nitrogens with one attached hydrogen (secondary N) is 3. The summed E-state index contributed by atoms with van der Waals surface area (Å²) in [5.74, 6) is -2.93. The second kappa shape index (κ2) is 15.6. The van der Waals surface area contributed by atoms with Gasteiger partial charge in [-0.3, -0.25) is 19.2 Å². The number of benzene rings is 1. The number of likely N-dealkylation sites (tertiary alicyclic amines) is 1. The van der Waals surface area contributed by atoms with Gasteiger partial charge in [-0.05, 0) is 54.4 Å². The molecule has 2 saturated carbocycles. The van der Waals surface area contributed by atoms with Crippen LogP contribution in [0.4, 0.5) is 4.79 Å². The third-order valence-corrected chi connectivity index (χ3v) is 12.1. The first-order valence-corrected chi connectivity index (χ1v) is 19.5. The molecule has 0 bridgehead atoms. The van der Waals surface area contributed by atoms with E-state index in [1.165, 1.54) is 4.90 Å². The molecular formula is C36H55N5O7S. The van der Waals surface area contributed by atoms with Crippen molar-refractivity contribution in [2.24, 2.45) is 28.9 Å². The molecule has 0 radical (unpaired) electrons. The average molecular weight is 702 g/mol. The summed E-state index contributed by atoms with van der Waals surface area (Å²) in [4.78, 5) is 67.8. The highest BCUT2D eigenvalue weighted by molar-refractivity contribution is 7.90. The quantitative estimate of drug-likeness (QED) is 0.215. The molecule has 5 amide bonds. The maximum absolute atomic E-state index is 14.4. The molecule has 2 aliphatic carbocycles. The van der Waals surface area contributed by atoms with E-state index in [-0.39, 0.29) is 35.8 Å². The highest BCUT2D eigenvalue weighted by Gasteiger charge is 2.47. The fourth-order valence-electron chi connectivity index (χ4n) is 7.26. The van der Waals surface area contributed by atoms with Crippen LogP contribution in [0.5, 0.6) is 0 Å². The number of Topliss-reactive ketones (excluding diaryl/α,β-unsaturated/α-hetero) is 1. The van der Waals surface area contributed by atoms with E-state index in [2.05, 4.69) is 16.0 Å². The van der Waals surface area contributed by atoms with Crippen molar-refractivity contribution in [1.29, 1.82) is 0 Å². The van der Waals surface area contributed by atoms with E-state index < -0.39 is 68.5 Å². The summed E-state index contributed by atoms with van der Waals surface area (Å²) in [6.07, 6.45) is 5.96. The van der Waals surface area contributed by atoms with Crippen molar-refractivity contribution < 1.29 is 32.4 Å². The average Bonchev–Trinajstić information content (AvgIpc) is 3.71. The lowest BCUT2D eigenvalue weighted by molar-refractivity contribution is -0.143. The molecule has 1 saturated heterocycles. The number of nitrogens with zero attached hydrogens (tertiary/aromatic N) is 1. The van der Waals surface area contributed by atoms with Gasteiger partial charge < -0.3 is 26.6 Å². The standard InChI is InChI=1S/C36H55N5O7S/c1-23(2)26-19-28(32(44)38-27(18-24-14-15-24)29(42)31(37)43)41(20-26)33(45)30(35(3,4)5)39-34(46)40-36(16-10-7-11-17-36)22-49(47,48)21-25-12-8-6-9-13-25/h6,8-9,12-13,23-24,26-28,30H,7,10-11,14-22H2,1-5H3,(H2,37,43)(H,38,44)(H2,39,40,46)/t26?,27?,28-,30+/m0/s1. The van der Waals surface area contributed by atoms with Crippen LogP contribution in [0.2, 0.25) is 0 Å². The molecule has 12 nitrogen and oxygen atoms in total. The zero-order chi connectivity index (χ0) is 36.1. The predicted molar refractivity (Wildman–Crippen MR) is 187 cm³/mol. The maximum Gasteiger partial charge on any atom is 0.315 e. The fraction of sp³-hybridized carbons (Fsp3) is 0.694. The Morgan fingerprint density at radius 3 is 2.16 bits per heavy atom. The van der Waals surface area contributed by atoms with Gasteiger partial charge in [0.05, 0.1) is 23.1 Å². The van der Waals surface area contributed by atoms with Gasteiger partial charge in [-0.2, -0.15) is 0 Å². The van der Waals surface area contributed by atoms with Crippen molar-refractivity contribution in [1.82, 2.24) is 20.9 Å². The predicted octanol–water partition coefficient (Wildman–Crippen LogP) is 3.23. The Bertz CT molecular complexity index is 1480. The van der Waals surface area contributed by atoms with Gasteiger partial charge >= 0.3 is 6.03 Å². The Morgan fingerprint density at radius 2 is 1.61 bits per heavy atom. The molecule has 1 aromatic carbocycles. The van der Waals surface area contributed by atoms with Crippen LogP contribution < -0.4 is 21.7 Å². The summed E-state index contributed by atoms with van der Waals surface area (Å²) in [5.41, 5.74) is 4.21. The Labute approximate surface area is 291 Å². The van der Waals surface area contributed by atoms with Gasteiger partial charge in [0.15, 0.2) is 9.84 Å². The number of urea groups is 1. The van der Waals surface area contributed by atoms with Gasteiger partial charge in [0.25, 0.3) is 5.91 Å². The molecule has 13 heteroatoms. The number of rotatable bonds is 14.